The number of amides is 2. The second-order valence-electron chi connectivity index (χ2n) is 10.8. The Morgan fingerprint density at radius 3 is 2.59 bits per heavy atom. The van der Waals surface area contributed by atoms with Gasteiger partial charge >= 0.3 is 5.97 Å². The Hall–Kier alpha value is -3.72. The number of ether oxygens (including phenoxy) is 1. The van der Waals surface area contributed by atoms with Crippen LogP contribution in [0, 0.1) is 5.92 Å². The fourth-order valence-electron chi connectivity index (χ4n) is 4.85. The van der Waals surface area contributed by atoms with Gasteiger partial charge in [0.05, 0.1) is 5.69 Å². The standard InChI is InChI=1S/C30H39N5O4/c1-18(2)27-28(36)33-20(4)29(37)35-15-7-10-26(34-35)30(38)39-21(5)23-8-6-9-24(16-23)25-14-13-22(17-31-25)12-11-19(3)32-27/h6,8-9,13-14,16-18,20-21,26-27,32,34H,3,7,10-12,15H2,1-2,4-5H3,(H,33,36)/t20-,21+,26-,27-/m0/s1. The summed E-state index contributed by atoms with van der Waals surface area (Å²) in [4.78, 5) is 44.0. The summed E-state index contributed by atoms with van der Waals surface area (Å²) in [6.45, 7) is 12.0. The number of benzene rings is 1. The molecule has 9 heteroatoms. The van der Waals surface area contributed by atoms with Gasteiger partial charge in [-0.15, -0.1) is 0 Å². The van der Waals surface area contributed by atoms with Gasteiger partial charge in [-0.1, -0.05) is 44.7 Å². The molecule has 4 atom stereocenters. The van der Waals surface area contributed by atoms with Crippen LogP contribution in [0.15, 0.2) is 54.9 Å². The van der Waals surface area contributed by atoms with Crippen molar-refractivity contribution in [2.45, 2.75) is 77.6 Å². The van der Waals surface area contributed by atoms with E-state index >= 15 is 0 Å². The molecule has 1 fully saturated rings. The van der Waals surface area contributed by atoms with Crippen molar-refractivity contribution in [3.05, 3.63) is 66.0 Å². The first-order valence-electron chi connectivity index (χ1n) is 13.7. The van der Waals surface area contributed by atoms with Crippen LogP contribution in [-0.4, -0.2) is 52.4 Å². The van der Waals surface area contributed by atoms with Gasteiger partial charge in [0.1, 0.15) is 24.2 Å². The molecule has 39 heavy (non-hydrogen) atoms. The van der Waals surface area contributed by atoms with Crippen LogP contribution < -0.4 is 16.1 Å². The zero-order valence-corrected chi connectivity index (χ0v) is 23.2. The number of carbonyl (C=O) groups excluding carboxylic acids is 3. The Labute approximate surface area is 230 Å². The molecule has 0 radical (unpaired) electrons. The van der Waals surface area contributed by atoms with E-state index in [1.54, 1.807) is 6.92 Å². The summed E-state index contributed by atoms with van der Waals surface area (Å²) in [5.41, 5.74) is 7.44. The third kappa shape index (κ3) is 7.03. The summed E-state index contributed by atoms with van der Waals surface area (Å²) in [7, 11) is 0. The number of rotatable bonds is 1. The Kier molecular flexibility index (Phi) is 9.01. The minimum atomic E-state index is -0.778. The van der Waals surface area contributed by atoms with Crippen LogP contribution in [0.25, 0.3) is 11.3 Å². The zero-order valence-electron chi connectivity index (χ0n) is 23.2. The third-order valence-corrected chi connectivity index (χ3v) is 7.26. The number of carbonyl (C=O) groups is 3. The van der Waals surface area contributed by atoms with Gasteiger partial charge in [-0.05, 0) is 68.7 Å². The summed E-state index contributed by atoms with van der Waals surface area (Å²) in [5, 5.41) is 7.52. The first-order chi connectivity index (χ1) is 18.6. The Bertz CT molecular complexity index is 1210. The maximum Gasteiger partial charge on any atom is 0.325 e. The van der Waals surface area contributed by atoms with Crippen molar-refractivity contribution in [1.82, 2.24) is 26.1 Å². The molecule has 4 heterocycles. The van der Waals surface area contributed by atoms with Crippen molar-refractivity contribution in [3.8, 4) is 11.3 Å². The maximum atomic E-state index is 13.2. The van der Waals surface area contributed by atoms with Crippen LogP contribution in [0.4, 0.5) is 0 Å². The Balaban J connectivity index is 1.61. The first-order valence-corrected chi connectivity index (χ1v) is 13.7. The minimum absolute atomic E-state index is 0.0273. The van der Waals surface area contributed by atoms with Gasteiger partial charge in [0, 0.05) is 24.0 Å². The van der Waals surface area contributed by atoms with Crippen molar-refractivity contribution >= 4 is 17.8 Å². The number of hydrogen-bond donors (Lipinski definition) is 3. The van der Waals surface area contributed by atoms with Gasteiger partial charge in [0.2, 0.25) is 5.91 Å². The van der Waals surface area contributed by atoms with E-state index < -0.39 is 30.2 Å². The van der Waals surface area contributed by atoms with Gasteiger partial charge in [0.15, 0.2) is 0 Å². The molecule has 3 aliphatic heterocycles. The topological polar surface area (TPSA) is 113 Å². The molecule has 2 aromatic rings. The number of aromatic nitrogens is 1. The van der Waals surface area contributed by atoms with E-state index in [4.69, 9.17) is 4.74 Å². The summed E-state index contributed by atoms with van der Waals surface area (Å²) >= 11 is 0. The second-order valence-corrected chi connectivity index (χ2v) is 10.8. The average Bonchev–Trinajstić information content (AvgIpc) is 2.94. The lowest BCUT2D eigenvalue weighted by Gasteiger charge is -2.35. The molecule has 2 amide bonds. The van der Waals surface area contributed by atoms with Crippen molar-refractivity contribution in [1.29, 1.82) is 0 Å². The third-order valence-electron chi connectivity index (χ3n) is 7.26. The number of nitrogens with zero attached hydrogens (tertiary/aromatic N) is 2. The highest BCUT2D eigenvalue weighted by Gasteiger charge is 2.33. The van der Waals surface area contributed by atoms with Crippen LogP contribution in [0.5, 0.6) is 0 Å². The average molecular weight is 534 g/mol. The maximum absolute atomic E-state index is 13.2. The predicted molar refractivity (Wildman–Crippen MR) is 149 cm³/mol. The fraction of sp³-hybridized carbons (Fsp3) is 0.467. The lowest BCUT2D eigenvalue weighted by atomic mass is 10.0. The zero-order chi connectivity index (χ0) is 28.1. The highest BCUT2D eigenvalue weighted by Crippen LogP contribution is 2.25. The van der Waals surface area contributed by atoms with Gasteiger partial charge in [-0.2, -0.15) is 0 Å². The normalized spacial score (nSPS) is 25.3. The van der Waals surface area contributed by atoms with Gasteiger partial charge in [-0.25, -0.2) is 5.43 Å². The van der Waals surface area contributed by atoms with Crippen LogP contribution in [0.2, 0.25) is 0 Å². The predicted octanol–water partition coefficient (Wildman–Crippen LogP) is 3.43. The van der Waals surface area contributed by atoms with E-state index in [0.717, 1.165) is 34.5 Å². The van der Waals surface area contributed by atoms with Crippen LogP contribution in [-0.2, 0) is 25.5 Å². The van der Waals surface area contributed by atoms with Gasteiger partial charge < -0.3 is 15.4 Å². The summed E-state index contributed by atoms with van der Waals surface area (Å²) in [5.74, 6) is -1.03. The molecule has 208 valence electrons. The van der Waals surface area contributed by atoms with E-state index in [2.05, 4.69) is 27.6 Å². The fourth-order valence-corrected chi connectivity index (χ4v) is 4.85. The second kappa shape index (κ2) is 12.4. The van der Waals surface area contributed by atoms with Crippen molar-refractivity contribution in [2.24, 2.45) is 5.92 Å². The lowest BCUT2D eigenvalue weighted by molar-refractivity contribution is -0.157. The molecule has 1 saturated heterocycles. The molecule has 3 N–H and O–H groups in total. The highest BCUT2D eigenvalue weighted by atomic mass is 16.5. The van der Waals surface area contributed by atoms with Crippen LogP contribution in [0.1, 0.15) is 64.2 Å². The van der Waals surface area contributed by atoms with E-state index in [0.29, 0.717) is 25.8 Å². The number of hydrogen-bond acceptors (Lipinski definition) is 7. The first kappa shape index (κ1) is 28.3. The number of allylic oxidation sites excluding steroid dienone is 1. The Morgan fingerprint density at radius 1 is 1.08 bits per heavy atom. The monoisotopic (exact) mass is 533 g/mol. The molecule has 9 nitrogen and oxygen atoms in total. The quantitative estimate of drug-likeness (QED) is 0.482. The molecule has 0 aliphatic carbocycles. The number of hydrazine groups is 1. The molecule has 0 spiro atoms. The molecule has 3 aliphatic rings. The van der Waals surface area contributed by atoms with Gasteiger partial charge in [-0.3, -0.25) is 24.4 Å². The largest absolute Gasteiger partial charge is 0.457 e. The molecular formula is C30H39N5O4. The molecule has 1 aromatic heterocycles. The van der Waals surface area contributed by atoms with Crippen molar-refractivity contribution in [3.63, 3.8) is 0 Å². The number of nitrogens with one attached hydrogen (secondary N) is 3. The molecular weight excluding hydrogens is 494 g/mol. The van der Waals surface area contributed by atoms with E-state index in [-0.39, 0.29) is 17.7 Å². The SMILES string of the molecule is C=C1CCc2ccc(nc2)-c2cccc(c2)[C@@H](C)OC(=O)[C@@H]2CCCN(N2)C(=O)[C@H](C)NC(=O)[C@H](C(C)C)N1. The van der Waals surface area contributed by atoms with E-state index in [9.17, 15) is 14.4 Å². The summed E-state index contributed by atoms with van der Waals surface area (Å²) in [6.07, 6.45) is 3.92. The molecule has 6 bridgehead atoms. The number of fused-ring (bicyclic) bond motifs is 12. The van der Waals surface area contributed by atoms with Crippen molar-refractivity contribution < 1.29 is 19.1 Å². The van der Waals surface area contributed by atoms with Crippen molar-refractivity contribution in [2.75, 3.05) is 6.54 Å². The molecule has 1 aromatic carbocycles. The summed E-state index contributed by atoms with van der Waals surface area (Å²) < 4.78 is 5.80. The highest BCUT2D eigenvalue weighted by molar-refractivity contribution is 5.90. The minimum Gasteiger partial charge on any atom is -0.457 e. The lowest BCUT2D eigenvalue weighted by Crippen LogP contribution is -2.60. The molecule has 0 unspecified atom stereocenters. The van der Waals surface area contributed by atoms with Gasteiger partial charge in [0.25, 0.3) is 5.91 Å². The van der Waals surface area contributed by atoms with Crippen LogP contribution >= 0.6 is 0 Å². The number of esters is 1. The number of aryl methyl sites for hydroxylation is 1. The van der Waals surface area contributed by atoms with E-state index in [1.165, 1.54) is 5.01 Å². The Morgan fingerprint density at radius 2 is 1.87 bits per heavy atom. The van der Waals surface area contributed by atoms with E-state index in [1.807, 2.05) is 63.4 Å². The molecule has 0 saturated carbocycles. The summed E-state index contributed by atoms with van der Waals surface area (Å²) in [6, 6.07) is 9.86. The number of pyridine rings is 1. The molecule has 5 rings (SSSR count). The smallest absolute Gasteiger partial charge is 0.325 e. The van der Waals surface area contributed by atoms with Crippen LogP contribution in [0.3, 0.4) is 0 Å².